The first-order valence-corrected chi connectivity index (χ1v) is 4.42. The summed E-state index contributed by atoms with van der Waals surface area (Å²) < 4.78 is 0. The van der Waals surface area contributed by atoms with Gasteiger partial charge in [-0.3, -0.25) is 0 Å². The van der Waals surface area contributed by atoms with Gasteiger partial charge in [-0.2, -0.15) is 0 Å². The van der Waals surface area contributed by atoms with Crippen molar-refractivity contribution in [3.63, 3.8) is 0 Å². The van der Waals surface area contributed by atoms with Gasteiger partial charge in [-0.25, -0.2) is 0 Å². The monoisotopic (exact) mass is 189 g/mol. The lowest BCUT2D eigenvalue weighted by Gasteiger charge is -2.22. The van der Waals surface area contributed by atoms with Crippen LogP contribution in [0, 0.1) is 5.92 Å². The van der Waals surface area contributed by atoms with Gasteiger partial charge in [0.15, 0.2) is 0 Å². The highest BCUT2D eigenvalue weighted by Gasteiger charge is 2.21. The number of rotatable bonds is 7. The lowest BCUT2D eigenvalue weighted by molar-refractivity contribution is -0.0251. The van der Waals surface area contributed by atoms with Crippen LogP contribution in [0.1, 0.15) is 6.92 Å². The molecule has 0 aromatic rings. The van der Waals surface area contributed by atoms with E-state index in [9.17, 15) is 10.2 Å². The Bertz CT molecular complexity index is 141. The van der Waals surface area contributed by atoms with Crippen LogP contribution in [0.4, 0.5) is 0 Å². The van der Waals surface area contributed by atoms with Gasteiger partial charge >= 0.3 is 0 Å². The SMILES string of the molecule is C=CCNC[C@@H](O)C(O)[C@H](C)CO. The first-order chi connectivity index (χ1) is 6.13. The Morgan fingerprint density at radius 3 is 2.54 bits per heavy atom. The summed E-state index contributed by atoms with van der Waals surface area (Å²) in [5, 5.41) is 30.4. The van der Waals surface area contributed by atoms with Crippen molar-refractivity contribution >= 4 is 0 Å². The molecule has 0 fully saturated rings. The van der Waals surface area contributed by atoms with E-state index < -0.39 is 12.2 Å². The third-order valence-corrected chi connectivity index (χ3v) is 1.91. The zero-order valence-corrected chi connectivity index (χ0v) is 7.98. The van der Waals surface area contributed by atoms with Crippen molar-refractivity contribution in [3.8, 4) is 0 Å². The molecule has 0 aliphatic carbocycles. The molecular weight excluding hydrogens is 170 g/mol. The Balaban J connectivity index is 3.67. The fourth-order valence-corrected chi connectivity index (χ4v) is 0.941. The molecule has 0 saturated carbocycles. The van der Waals surface area contributed by atoms with Crippen molar-refractivity contribution in [3.05, 3.63) is 12.7 Å². The maximum Gasteiger partial charge on any atom is 0.0926 e. The van der Waals surface area contributed by atoms with Gasteiger partial charge < -0.3 is 20.6 Å². The molecule has 3 atom stereocenters. The number of hydrogen-bond acceptors (Lipinski definition) is 4. The second kappa shape index (κ2) is 7.03. The van der Waals surface area contributed by atoms with Crippen molar-refractivity contribution in [2.75, 3.05) is 19.7 Å². The summed E-state index contributed by atoms with van der Waals surface area (Å²) in [6, 6.07) is 0. The minimum Gasteiger partial charge on any atom is -0.396 e. The van der Waals surface area contributed by atoms with Gasteiger partial charge in [0.2, 0.25) is 0 Å². The molecule has 1 unspecified atom stereocenters. The Labute approximate surface area is 78.9 Å². The Morgan fingerprint density at radius 2 is 2.08 bits per heavy atom. The zero-order valence-electron chi connectivity index (χ0n) is 7.98. The normalized spacial score (nSPS) is 17.8. The molecule has 0 aliphatic rings. The molecule has 4 heteroatoms. The third kappa shape index (κ3) is 5.00. The largest absolute Gasteiger partial charge is 0.396 e. The molecule has 0 radical (unpaired) electrons. The fourth-order valence-electron chi connectivity index (χ4n) is 0.941. The standard InChI is InChI=1S/C9H19NO3/c1-3-4-10-5-8(12)9(13)7(2)6-11/h3,7-13H,1,4-6H2,2H3/t7-,8-,9?/m1/s1. The minimum atomic E-state index is -0.887. The fraction of sp³-hybridized carbons (Fsp3) is 0.778. The van der Waals surface area contributed by atoms with Crippen LogP contribution < -0.4 is 5.32 Å². The molecule has 0 aliphatic heterocycles. The lowest BCUT2D eigenvalue weighted by Crippen LogP contribution is -2.40. The maximum atomic E-state index is 9.41. The highest BCUT2D eigenvalue weighted by atomic mass is 16.3. The summed E-state index contributed by atoms with van der Waals surface area (Å²) in [7, 11) is 0. The van der Waals surface area contributed by atoms with E-state index in [1.807, 2.05) is 0 Å². The molecule has 0 saturated heterocycles. The zero-order chi connectivity index (χ0) is 10.3. The van der Waals surface area contributed by atoms with Crippen LogP contribution in [0.2, 0.25) is 0 Å². The van der Waals surface area contributed by atoms with E-state index in [0.29, 0.717) is 13.1 Å². The Hall–Kier alpha value is -0.420. The minimum absolute atomic E-state index is 0.125. The van der Waals surface area contributed by atoms with Gasteiger partial charge in [-0.05, 0) is 0 Å². The molecule has 0 bridgehead atoms. The maximum absolute atomic E-state index is 9.41. The smallest absolute Gasteiger partial charge is 0.0926 e. The van der Waals surface area contributed by atoms with E-state index in [0.717, 1.165) is 0 Å². The third-order valence-electron chi connectivity index (χ3n) is 1.91. The average molecular weight is 189 g/mol. The molecule has 78 valence electrons. The van der Waals surface area contributed by atoms with Gasteiger partial charge in [0.05, 0.1) is 12.2 Å². The summed E-state index contributed by atoms with van der Waals surface area (Å²) in [4.78, 5) is 0. The molecule has 0 spiro atoms. The van der Waals surface area contributed by atoms with Crippen LogP contribution in [-0.2, 0) is 0 Å². The van der Waals surface area contributed by atoms with E-state index in [-0.39, 0.29) is 12.5 Å². The van der Waals surface area contributed by atoms with E-state index in [1.54, 1.807) is 13.0 Å². The van der Waals surface area contributed by atoms with Crippen molar-refractivity contribution in [1.82, 2.24) is 5.32 Å². The van der Waals surface area contributed by atoms with Gasteiger partial charge in [0.1, 0.15) is 0 Å². The predicted octanol–water partition coefficient (Wildman–Crippen LogP) is -0.888. The van der Waals surface area contributed by atoms with Crippen LogP contribution in [-0.4, -0.2) is 47.2 Å². The second-order valence-corrected chi connectivity index (χ2v) is 3.16. The van der Waals surface area contributed by atoms with Crippen LogP contribution >= 0.6 is 0 Å². The number of nitrogens with one attached hydrogen (secondary N) is 1. The van der Waals surface area contributed by atoms with Crippen molar-refractivity contribution < 1.29 is 15.3 Å². The number of hydrogen-bond donors (Lipinski definition) is 4. The number of aliphatic hydroxyl groups is 3. The lowest BCUT2D eigenvalue weighted by atomic mass is 10.0. The molecule has 13 heavy (non-hydrogen) atoms. The summed E-state index contributed by atoms with van der Waals surface area (Å²) in [6.07, 6.45) is -0.0569. The van der Waals surface area contributed by atoms with Crippen molar-refractivity contribution in [2.45, 2.75) is 19.1 Å². The van der Waals surface area contributed by atoms with Crippen LogP contribution in [0.5, 0.6) is 0 Å². The molecule has 4 N–H and O–H groups in total. The highest BCUT2D eigenvalue weighted by molar-refractivity contribution is 4.77. The van der Waals surface area contributed by atoms with Crippen LogP contribution in [0.25, 0.3) is 0 Å². The number of aliphatic hydroxyl groups excluding tert-OH is 3. The second-order valence-electron chi connectivity index (χ2n) is 3.16. The quantitative estimate of drug-likeness (QED) is 0.310. The Morgan fingerprint density at radius 1 is 1.46 bits per heavy atom. The molecule has 0 amide bonds. The van der Waals surface area contributed by atoms with Gasteiger partial charge in [0.25, 0.3) is 0 Å². The first-order valence-electron chi connectivity index (χ1n) is 4.42. The molecule has 0 rings (SSSR count). The van der Waals surface area contributed by atoms with Crippen LogP contribution in [0.3, 0.4) is 0 Å². The van der Waals surface area contributed by atoms with E-state index >= 15 is 0 Å². The summed E-state index contributed by atoms with van der Waals surface area (Å²) in [5.74, 6) is -0.305. The van der Waals surface area contributed by atoms with Gasteiger partial charge in [-0.15, -0.1) is 6.58 Å². The molecular formula is C9H19NO3. The summed E-state index contributed by atoms with van der Waals surface area (Å²) in [5.41, 5.74) is 0. The van der Waals surface area contributed by atoms with E-state index in [1.165, 1.54) is 0 Å². The highest BCUT2D eigenvalue weighted by Crippen LogP contribution is 2.05. The topological polar surface area (TPSA) is 72.7 Å². The molecule has 0 heterocycles. The Kier molecular flexibility index (Phi) is 6.80. The van der Waals surface area contributed by atoms with Gasteiger partial charge in [0, 0.05) is 25.6 Å². The van der Waals surface area contributed by atoms with Crippen molar-refractivity contribution in [1.29, 1.82) is 0 Å². The van der Waals surface area contributed by atoms with Crippen LogP contribution in [0.15, 0.2) is 12.7 Å². The molecule has 4 nitrogen and oxygen atoms in total. The predicted molar refractivity (Wildman–Crippen MR) is 51.3 cm³/mol. The summed E-state index contributed by atoms with van der Waals surface area (Å²) >= 11 is 0. The molecule has 0 aromatic heterocycles. The van der Waals surface area contributed by atoms with Gasteiger partial charge in [-0.1, -0.05) is 13.0 Å². The molecule has 0 aromatic carbocycles. The van der Waals surface area contributed by atoms with Crippen molar-refractivity contribution in [2.24, 2.45) is 5.92 Å². The first kappa shape index (κ1) is 12.6. The summed E-state index contributed by atoms with van der Waals surface area (Å²) in [6.45, 7) is 5.96. The van der Waals surface area contributed by atoms with E-state index in [4.69, 9.17) is 5.11 Å². The van der Waals surface area contributed by atoms with E-state index in [2.05, 4.69) is 11.9 Å². The average Bonchev–Trinajstić information content (AvgIpc) is 2.15.